The van der Waals surface area contributed by atoms with Gasteiger partial charge in [-0.3, -0.25) is 21.5 Å². The first kappa shape index (κ1) is 47.9. The van der Waals surface area contributed by atoms with Gasteiger partial charge in [-0.15, -0.1) is 10.2 Å². The number of nitrogens with zero attached hydrogens (tertiary/aromatic N) is 6. The van der Waals surface area contributed by atoms with Crippen molar-refractivity contribution in [2.45, 2.75) is 113 Å². The van der Waals surface area contributed by atoms with Gasteiger partial charge in [0.2, 0.25) is 11.6 Å². The Morgan fingerprint density at radius 1 is 0.661 bits per heavy atom. The van der Waals surface area contributed by atoms with Gasteiger partial charge in [0.25, 0.3) is 0 Å². The van der Waals surface area contributed by atoms with Crippen molar-refractivity contribution in [3.8, 4) is 0 Å². The molecule has 0 radical (unpaired) electrons. The maximum Gasteiger partial charge on any atom is 0.412 e. The molecule has 8 atom stereocenters. The van der Waals surface area contributed by atoms with E-state index in [1.54, 1.807) is 21.6 Å². The summed E-state index contributed by atoms with van der Waals surface area (Å²) in [6.07, 6.45) is -1.60. The predicted molar refractivity (Wildman–Crippen MR) is 217 cm³/mol. The van der Waals surface area contributed by atoms with Crippen LogP contribution < -0.4 is 10.6 Å². The van der Waals surface area contributed by atoms with Crippen molar-refractivity contribution in [1.82, 2.24) is 40.2 Å². The van der Waals surface area contributed by atoms with Crippen LogP contribution in [0.3, 0.4) is 0 Å². The highest BCUT2D eigenvalue weighted by atomic mass is 33.1. The van der Waals surface area contributed by atoms with Crippen LogP contribution >= 0.6 is 21.6 Å². The number of carbonyl (C=O) groups excluding carboxylic acids is 2. The van der Waals surface area contributed by atoms with Crippen LogP contribution in [0.15, 0.2) is 12.7 Å². The summed E-state index contributed by atoms with van der Waals surface area (Å²) < 4.78 is 35.9. The minimum absolute atomic E-state index is 0.141. The van der Waals surface area contributed by atoms with Gasteiger partial charge >= 0.3 is 12.2 Å². The van der Waals surface area contributed by atoms with Crippen molar-refractivity contribution >= 4 is 45.4 Å². The zero-order valence-corrected chi connectivity index (χ0v) is 35.5. The SMILES string of the molecule is N=C(NC(=O)OCC1CCC(OCCSSCCOC2CCC(COC(=O)NC(=N)c3ncn(C4OC(CO)C(O)C4O)n3)CC2)CC1)c1ncn(C2OC(CO)C(O)C2O)n1. The highest BCUT2D eigenvalue weighted by Gasteiger charge is 2.45. The van der Waals surface area contributed by atoms with Gasteiger partial charge in [-0.1, -0.05) is 21.6 Å². The lowest BCUT2D eigenvalue weighted by Crippen LogP contribution is -2.34. The van der Waals surface area contributed by atoms with E-state index < -0.39 is 86.2 Å². The first-order valence-corrected chi connectivity index (χ1v) is 23.0. The van der Waals surface area contributed by atoms with Crippen molar-refractivity contribution in [3.05, 3.63) is 24.3 Å². The fourth-order valence-corrected chi connectivity index (χ4v) is 9.22. The number of hydrogen-bond acceptors (Lipinski definition) is 22. The smallest absolute Gasteiger partial charge is 0.412 e. The van der Waals surface area contributed by atoms with Gasteiger partial charge in [0.15, 0.2) is 24.1 Å². The summed E-state index contributed by atoms with van der Waals surface area (Å²) >= 11 is 0. The summed E-state index contributed by atoms with van der Waals surface area (Å²) in [4.78, 5) is 32.6. The Labute approximate surface area is 364 Å². The minimum atomic E-state index is -1.36. The third kappa shape index (κ3) is 13.0. The monoisotopic (exact) mass is 916 g/mol. The van der Waals surface area contributed by atoms with Gasteiger partial charge in [0.05, 0.1) is 51.8 Å². The Morgan fingerprint density at radius 3 is 1.40 bits per heavy atom. The van der Waals surface area contributed by atoms with E-state index in [9.17, 15) is 40.2 Å². The third-order valence-electron chi connectivity index (χ3n) is 11.1. The van der Waals surface area contributed by atoms with Gasteiger partial charge in [-0.05, 0) is 63.2 Å². The molecular formula is C36H56N10O14S2. The Bertz CT molecular complexity index is 1640. The maximum absolute atomic E-state index is 12.3. The van der Waals surface area contributed by atoms with E-state index in [0.717, 1.165) is 72.2 Å². The second kappa shape index (κ2) is 23.4. The van der Waals surface area contributed by atoms with E-state index in [0.29, 0.717) is 13.2 Å². The molecule has 4 heterocycles. The lowest BCUT2D eigenvalue weighted by molar-refractivity contribution is -0.0588. The van der Waals surface area contributed by atoms with E-state index in [4.69, 9.17) is 39.2 Å². The second-order valence-electron chi connectivity index (χ2n) is 15.4. The van der Waals surface area contributed by atoms with E-state index in [2.05, 4.69) is 30.8 Å². The van der Waals surface area contributed by atoms with Crippen molar-refractivity contribution in [2.75, 3.05) is 51.1 Å². The number of amides is 2. The van der Waals surface area contributed by atoms with Crippen molar-refractivity contribution in [2.24, 2.45) is 11.8 Å². The highest BCUT2D eigenvalue weighted by molar-refractivity contribution is 8.76. The summed E-state index contributed by atoms with van der Waals surface area (Å²) in [6, 6.07) is 0. The van der Waals surface area contributed by atoms with Gasteiger partial charge in [0.1, 0.15) is 49.3 Å². The largest absolute Gasteiger partial charge is 0.449 e. The number of rotatable bonds is 19. The van der Waals surface area contributed by atoms with Gasteiger partial charge < -0.3 is 59.1 Å². The zero-order valence-electron chi connectivity index (χ0n) is 33.8. The fourth-order valence-electron chi connectivity index (χ4n) is 7.54. The third-order valence-corrected chi connectivity index (χ3v) is 13.4. The van der Waals surface area contributed by atoms with Crippen LogP contribution in [-0.2, 0) is 28.4 Å². The number of alkyl carbamates (subject to hydrolysis) is 2. The molecule has 2 aliphatic heterocycles. The first-order chi connectivity index (χ1) is 29.9. The van der Waals surface area contributed by atoms with Crippen LogP contribution in [0.1, 0.15) is 75.5 Å². The molecule has 346 valence electrons. The lowest BCUT2D eigenvalue weighted by Gasteiger charge is -2.28. The standard InChI is InChI=1S/C36H56N10O14S2/c37-29(31-39-17-45(43-31)33-27(51)25(49)23(13-47)59-33)41-35(53)57-15-19-1-5-21(6-2-19)55-9-11-61-62-12-10-56-22-7-3-20(4-8-22)16-58-36(54)42-30(38)32-40-18-46(44-32)34-28(52)26(50)24(14-48)60-34/h17-28,33-34,47-52H,1-16H2,(H2,37,41,53)(H2,38,42,54). The summed E-state index contributed by atoms with van der Waals surface area (Å²) in [5.41, 5.74) is 0. The molecule has 0 aromatic carbocycles. The van der Waals surface area contributed by atoms with Gasteiger partial charge in [-0.25, -0.2) is 28.9 Å². The molecule has 2 aromatic rings. The van der Waals surface area contributed by atoms with Crippen LogP contribution in [0.25, 0.3) is 0 Å². The van der Waals surface area contributed by atoms with Gasteiger partial charge in [0, 0.05) is 11.5 Å². The van der Waals surface area contributed by atoms with E-state index in [-0.39, 0.29) is 48.9 Å². The molecule has 4 aliphatic rings. The summed E-state index contributed by atoms with van der Waals surface area (Å²) in [5, 5.41) is 87.7. The number of ether oxygens (including phenoxy) is 6. The van der Waals surface area contributed by atoms with Crippen LogP contribution in [0.5, 0.6) is 0 Å². The molecule has 2 saturated carbocycles. The number of carbonyl (C=O) groups is 2. The fraction of sp³-hybridized carbons (Fsp3) is 0.778. The maximum atomic E-state index is 12.3. The van der Waals surface area contributed by atoms with Crippen molar-refractivity contribution in [3.63, 3.8) is 0 Å². The Kier molecular flexibility index (Phi) is 18.1. The second-order valence-corrected chi connectivity index (χ2v) is 18.1. The van der Waals surface area contributed by atoms with E-state index in [1.807, 2.05) is 0 Å². The quantitative estimate of drug-likeness (QED) is 0.0365. The average molecular weight is 917 g/mol. The number of aromatic nitrogens is 6. The summed E-state index contributed by atoms with van der Waals surface area (Å²) in [5.74, 6) is 0.966. The molecule has 4 fully saturated rings. The lowest BCUT2D eigenvalue weighted by atomic mass is 9.88. The molecule has 2 amide bonds. The van der Waals surface area contributed by atoms with Crippen LogP contribution in [0.2, 0.25) is 0 Å². The highest BCUT2D eigenvalue weighted by Crippen LogP contribution is 2.31. The number of aliphatic hydroxyl groups is 6. The zero-order chi connectivity index (χ0) is 44.2. The Morgan fingerprint density at radius 2 is 1.05 bits per heavy atom. The molecule has 24 nitrogen and oxygen atoms in total. The predicted octanol–water partition coefficient (Wildman–Crippen LogP) is -0.572. The van der Waals surface area contributed by atoms with Crippen LogP contribution in [0.4, 0.5) is 9.59 Å². The molecule has 62 heavy (non-hydrogen) atoms. The number of nitrogens with one attached hydrogen (secondary N) is 4. The molecule has 6 rings (SSSR count). The van der Waals surface area contributed by atoms with Gasteiger partial charge in [-0.2, -0.15) is 0 Å². The Balaban J connectivity index is 0.730. The number of hydrogen-bond donors (Lipinski definition) is 10. The molecule has 0 bridgehead atoms. The first-order valence-electron chi connectivity index (χ1n) is 20.5. The normalized spacial score (nSPS) is 31.1. The van der Waals surface area contributed by atoms with Crippen LogP contribution in [-0.4, -0.2) is 184 Å². The summed E-state index contributed by atoms with van der Waals surface area (Å²) in [7, 11) is 3.49. The molecule has 26 heteroatoms. The molecule has 2 saturated heterocycles. The van der Waals surface area contributed by atoms with E-state index in [1.165, 1.54) is 12.7 Å². The number of aliphatic hydroxyl groups excluding tert-OH is 6. The van der Waals surface area contributed by atoms with Crippen molar-refractivity contribution in [1.29, 1.82) is 10.8 Å². The Hall–Kier alpha value is -3.54. The average Bonchev–Trinajstić information content (AvgIpc) is 4.08. The van der Waals surface area contributed by atoms with E-state index >= 15 is 0 Å². The molecule has 2 aromatic heterocycles. The molecule has 2 aliphatic carbocycles. The summed E-state index contributed by atoms with van der Waals surface area (Å²) in [6.45, 7) is 0.696. The van der Waals surface area contributed by atoms with Crippen molar-refractivity contribution < 1.29 is 68.6 Å². The topological polar surface area (TPSA) is 344 Å². The van der Waals surface area contributed by atoms with Crippen LogP contribution in [0, 0.1) is 22.7 Å². The molecule has 10 N–H and O–H groups in total. The number of amidine groups is 2. The molecule has 0 spiro atoms. The molecule has 8 unspecified atom stereocenters. The molecular weight excluding hydrogens is 861 g/mol. The minimum Gasteiger partial charge on any atom is -0.449 e.